The van der Waals surface area contributed by atoms with E-state index in [1.807, 2.05) is 60.7 Å². The molecule has 0 spiro atoms. The van der Waals surface area contributed by atoms with Crippen molar-refractivity contribution in [1.82, 2.24) is 20.8 Å². The number of amides is 3. The fourth-order valence-corrected chi connectivity index (χ4v) is 5.10. The first kappa shape index (κ1) is 33.5. The Labute approximate surface area is 276 Å². The Hall–Kier alpha value is -5.85. The zero-order chi connectivity index (χ0) is 33.7. The Balaban J connectivity index is 1.35. The monoisotopic (exact) mass is 649 g/mol. The summed E-state index contributed by atoms with van der Waals surface area (Å²) in [6, 6.07) is 29.3. The van der Waals surface area contributed by atoms with Gasteiger partial charge in [-0.15, -0.1) is 0 Å². The molecule has 0 aliphatic heterocycles. The van der Waals surface area contributed by atoms with Crippen LogP contribution in [0.15, 0.2) is 126 Å². The molecule has 48 heavy (non-hydrogen) atoms. The highest BCUT2D eigenvalue weighted by molar-refractivity contribution is 6.02. The van der Waals surface area contributed by atoms with Crippen molar-refractivity contribution < 1.29 is 33.9 Å². The number of carbonyl (C=O) groups excluding carboxylic acids is 3. The molecule has 0 bridgehead atoms. The van der Waals surface area contributed by atoms with Gasteiger partial charge in [0.1, 0.15) is 18.8 Å². The number of para-hydroxylation sites is 1. The van der Waals surface area contributed by atoms with Crippen LogP contribution in [-0.2, 0) is 24.2 Å². The van der Waals surface area contributed by atoms with E-state index in [0.29, 0.717) is 5.69 Å². The molecule has 2 aromatic heterocycles. The number of nitrogens with one attached hydrogen (secondary N) is 3. The highest BCUT2D eigenvalue weighted by atomic mass is 16.5. The number of anilines is 1. The molecular weight excluding hydrogens is 614 g/mol. The number of ether oxygens (including phenoxy) is 1. The zero-order valence-corrected chi connectivity index (χ0v) is 25.8. The van der Waals surface area contributed by atoms with Gasteiger partial charge in [-0.1, -0.05) is 84.0 Å². The molecule has 0 radical (unpaired) electrons. The Morgan fingerprint density at radius 3 is 1.85 bits per heavy atom. The quantitative estimate of drug-likeness (QED) is 0.119. The molecule has 3 amide bonds. The van der Waals surface area contributed by atoms with Crippen LogP contribution in [0.5, 0.6) is 0 Å². The number of carbonyl (C=O) groups is 3. The lowest BCUT2D eigenvalue weighted by molar-refractivity contribution is -0.0221. The van der Waals surface area contributed by atoms with E-state index in [2.05, 4.69) is 26.1 Å². The molecule has 12 nitrogen and oxygen atoms in total. The molecule has 2 heterocycles. The van der Waals surface area contributed by atoms with Gasteiger partial charge in [-0.2, -0.15) is 0 Å². The second-order valence-corrected chi connectivity index (χ2v) is 11.0. The molecule has 5 rings (SSSR count). The van der Waals surface area contributed by atoms with Crippen molar-refractivity contribution in [1.29, 1.82) is 0 Å². The van der Waals surface area contributed by atoms with E-state index < -0.39 is 42.2 Å². The maximum Gasteiger partial charge on any atom is 0.412 e. The number of hydrogen-bond acceptors (Lipinski definition) is 9. The summed E-state index contributed by atoms with van der Waals surface area (Å²) < 4.78 is 10.3. The van der Waals surface area contributed by atoms with Crippen LogP contribution in [0.25, 0.3) is 0 Å². The maximum atomic E-state index is 13.8. The largest absolute Gasteiger partial charge is 0.443 e. The Bertz CT molecular complexity index is 1760. The van der Waals surface area contributed by atoms with Crippen molar-refractivity contribution in [2.45, 2.75) is 43.7 Å². The van der Waals surface area contributed by atoms with Crippen molar-refractivity contribution in [2.75, 3.05) is 5.32 Å². The number of aliphatic hydroxyl groups is 2. The van der Waals surface area contributed by atoms with Crippen molar-refractivity contribution in [3.63, 3.8) is 0 Å². The smallest absolute Gasteiger partial charge is 0.412 e. The highest BCUT2D eigenvalue weighted by Crippen LogP contribution is 2.19. The molecule has 3 aromatic carbocycles. The van der Waals surface area contributed by atoms with Crippen molar-refractivity contribution in [3.05, 3.63) is 150 Å². The molecule has 0 aliphatic rings. The summed E-state index contributed by atoms with van der Waals surface area (Å²) in [6.45, 7) is -0.0681. The average molecular weight is 650 g/mol. The molecule has 0 unspecified atom stereocenters. The summed E-state index contributed by atoms with van der Waals surface area (Å²) in [5, 5.41) is 35.0. The topological polar surface area (TPSA) is 176 Å². The third-order valence-corrected chi connectivity index (χ3v) is 7.55. The number of aliphatic hydroxyl groups excluding tert-OH is 2. The van der Waals surface area contributed by atoms with Gasteiger partial charge in [0.2, 0.25) is 5.76 Å². The molecule has 0 saturated carbocycles. The van der Waals surface area contributed by atoms with Crippen LogP contribution in [0, 0.1) is 0 Å². The standard InChI is InChI=1S/C36H35N5O7/c42-32(33(43)30(22-25-13-5-2-6-14-25)40-35(45)31-18-20-38-48-31)29(21-24-11-3-1-4-12-24)39-34(44)27-16-7-8-17-28(27)41-36(46)47-23-26-15-9-10-19-37-26/h1-20,29-30,32-33,42-43H,21-23H2,(H,39,44)(H,40,45)(H,41,46)/t29-,30-,32-,33+/m0/s1. The number of pyridine rings is 1. The summed E-state index contributed by atoms with van der Waals surface area (Å²) >= 11 is 0. The third-order valence-electron chi connectivity index (χ3n) is 7.55. The van der Waals surface area contributed by atoms with Crippen molar-refractivity contribution >= 4 is 23.6 Å². The van der Waals surface area contributed by atoms with E-state index in [9.17, 15) is 24.6 Å². The van der Waals surface area contributed by atoms with Crippen LogP contribution < -0.4 is 16.0 Å². The third kappa shape index (κ3) is 9.34. The van der Waals surface area contributed by atoms with Crippen LogP contribution >= 0.6 is 0 Å². The van der Waals surface area contributed by atoms with Crippen LogP contribution in [-0.4, -0.2) is 62.6 Å². The number of rotatable bonds is 14. The lowest BCUT2D eigenvalue weighted by Crippen LogP contribution is -2.57. The Kier molecular flexibility index (Phi) is 11.6. The number of benzene rings is 3. The van der Waals surface area contributed by atoms with Gasteiger partial charge in [-0.25, -0.2) is 4.79 Å². The Morgan fingerprint density at radius 2 is 1.27 bits per heavy atom. The first-order valence-electron chi connectivity index (χ1n) is 15.3. The SMILES string of the molecule is O=C(Nc1ccccc1C(=O)N[C@@H](Cc1ccccc1)[C@H](O)[C@H](O)[C@H](Cc1ccccc1)NC(=O)c1ccno1)OCc1ccccn1. The van der Waals surface area contributed by atoms with E-state index in [4.69, 9.17) is 9.26 Å². The van der Waals surface area contributed by atoms with Gasteiger partial charge in [0, 0.05) is 12.3 Å². The maximum absolute atomic E-state index is 13.8. The van der Waals surface area contributed by atoms with Gasteiger partial charge >= 0.3 is 6.09 Å². The summed E-state index contributed by atoms with van der Waals surface area (Å²) in [7, 11) is 0. The number of aromatic nitrogens is 2. The van der Waals surface area contributed by atoms with E-state index in [-0.39, 0.29) is 36.5 Å². The number of hydrogen-bond donors (Lipinski definition) is 5. The minimum Gasteiger partial charge on any atom is -0.443 e. The minimum atomic E-state index is -1.55. The van der Waals surface area contributed by atoms with Gasteiger partial charge in [0.25, 0.3) is 11.8 Å². The molecular formula is C36H35N5O7. The van der Waals surface area contributed by atoms with Crippen LogP contribution in [0.1, 0.15) is 37.7 Å². The van der Waals surface area contributed by atoms with E-state index in [1.54, 1.807) is 42.6 Å². The summed E-state index contributed by atoms with van der Waals surface area (Å²) in [5.41, 5.74) is 2.41. The second kappa shape index (κ2) is 16.6. The molecule has 5 N–H and O–H groups in total. The van der Waals surface area contributed by atoms with E-state index >= 15 is 0 Å². The lowest BCUT2D eigenvalue weighted by Gasteiger charge is -2.33. The highest BCUT2D eigenvalue weighted by Gasteiger charge is 2.35. The predicted molar refractivity (Wildman–Crippen MR) is 176 cm³/mol. The summed E-state index contributed by atoms with van der Waals surface area (Å²) in [4.78, 5) is 43.4. The summed E-state index contributed by atoms with van der Waals surface area (Å²) in [5.74, 6) is -1.31. The fraction of sp³-hybridized carbons (Fsp3) is 0.194. The average Bonchev–Trinajstić information content (AvgIpc) is 3.67. The minimum absolute atomic E-state index is 0.0634. The van der Waals surface area contributed by atoms with Crippen molar-refractivity contribution in [3.8, 4) is 0 Å². The normalized spacial score (nSPS) is 13.4. The van der Waals surface area contributed by atoms with Crippen molar-refractivity contribution in [2.24, 2.45) is 0 Å². The fourth-order valence-electron chi connectivity index (χ4n) is 5.10. The number of nitrogens with zero attached hydrogens (tertiary/aromatic N) is 2. The lowest BCUT2D eigenvalue weighted by atomic mass is 9.91. The first-order valence-corrected chi connectivity index (χ1v) is 15.3. The summed E-state index contributed by atoms with van der Waals surface area (Å²) in [6.07, 6.45) is -0.670. The van der Waals surface area contributed by atoms with Gasteiger partial charge in [0.05, 0.1) is 35.2 Å². The first-order chi connectivity index (χ1) is 23.4. The van der Waals surface area contributed by atoms with Crippen LogP contribution in [0.2, 0.25) is 0 Å². The zero-order valence-electron chi connectivity index (χ0n) is 25.8. The molecule has 5 aromatic rings. The van der Waals surface area contributed by atoms with E-state index in [1.165, 1.54) is 18.3 Å². The van der Waals surface area contributed by atoms with E-state index in [0.717, 1.165) is 11.1 Å². The molecule has 4 atom stereocenters. The van der Waals surface area contributed by atoms with Gasteiger partial charge in [0.15, 0.2) is 0 Å². The van der Waals surface area contributed by atoms with Gasteiger partial charge in [-0.05, 0) is 48.2 Å². The molecule has 0 saturated heterocycles. The molecule has 246 valence electrons. The molecule has 0 fully saturated rings. The van der Waals surface area contributed by atoms with Crippen LogP contribution in [0.4, 0.5) is 10.5 Å². The van der Waals surface area contributed by atoms with Crippen LogP contribution in [0.3, 0.4) is 0 Å². The Morgan fingerprint density at radius 1 is 0.688 bits per heavy atom. The second-order valence-electron chi connectivity index (χ2n) is 11.0. The molecule has 0 aliphatic carbocycles. The molecule has 12 heteroatoms. The van der Waals surface area contributed by atoms with Gasteiger partial charge in [-0.3, -0.25) is 19.9 Å². The predicted octanol–water partition coefficient (Wildman–Crippen LogP) is 3.92. The van der Waals surface area contributed by atoms with Gasteiger partial charge < -0.3 is 30.1 Å².